The maximum absolute atomic E-state index is 11.8. The summed E-state index contributed by atoms with van der Waals surface area (Å²) in [7, 11) is 0. The van der Waals surface area contributed by atoms with E-state index in [0.29, 0.717) is 19.5 Å². The number of nitrogens with one attached hydrogen (secondary N) is 2. The van der Waals surface area contributed by atoms with E-state index in [-0.39, 0.29) is 5.91 Å². The molecule has 0 saturated carbocycles. The molecule has 144 valence electrons. The molecule has 0 unspecified atom stereocenters. The molecule has 1 heterocycles. The van der Waals surface area contributed by atoms with Crippen molar-refractivity contribution >= 4 is 11.9 Å². The van der Waals surface area contributed by atoms with Crippen molar-refractivity contribution in [1.82, 2.24) is 15.5 Å². The third-order valence-corrected chi connectivity index (χ3v) is 4.55. The van der Waals surface area contributed by atoms with Gasteiger partial charge in [-0.1, -0.05) is 38.1 Å². The van der Waals surface area contributed by atoms with Crippen molar-refractivity contribution < 1.29 is 4.79 Å². The first-order valence-corrected chi connectivity index (χ1v) is 9.96. The Balaban J connectivity index is 1.89. The van der Waals surface area contributed by atoms with Crippen LogP contribution in [0, 0.1) is 5.92 Å². The average Bonchev–Trinajstić information content (AvgIpc) is 3.01. The molecule has 0 radical (unpaired) electrons. The third-order valence-electron chi connectivity index (χ3n) is 4.55. The Morgan fingerprint density at radius 3 is 2.77 bits per heavy atom. The minimum Gasteiger partial charge on any atom is -0.357 e. The van der Waals surface area contributed by atoms with Gasteiger partial charge in [0.05, 0.1) is 6.54 Å². The highest BCUT2D eigenvalue weighted by Crippen LogP contribution is 2.15. The Hall–Kier alpha value is -2.04. The van der Waals surface area contributed by atoms with Gasteiger partial charge in [-0.25, -0.2) is 4.99 Å². The lowest BCUT2D eigenvalue weighted by Crippen LogP contribution is -2.37. The SMILES string of the molecule is CCNC(=NCc1cccc(CN2CCCC2=O)c1)NCCCC(C)C. The predicted molar refractivity (Wildman–Crippen MR) is 108 cm³/mol. The first-order chi connectivity index (χ1) is 12.6. The minimum atomic E-state index is 0.272. The van der Waals surface area contributed by atoms with Crippen molar-refractivity contribution in [2.45, 2.75) is 59.5 Å². The second-order valence-corrected chi connectivity index (χ2v) is 7.40. The van der Waals surface area contributed by atoms with Crippen molar-refractivity contribution in [2.75, 3.05) is 19.6 Å². The van der Waals surface area contributed by atoms with Crippen LogP contribution in [0.15, 0.2) is 29.3 Å². The molecule has 2 N–H and O–H groups in total. The lowest BCUT2D eigenvalue weighted by atomic mass is 10.1. The van der Waals surface area contributed by atoms with Gasteiger partial charge in [-0.05, 0) is 43.2 Å². The standard InChI is InChI=1S/C21H34N4O/c1-4-22-21(23-12-6-8-17(2)3)24-15-18-9-5-10-19(14-18)16-25-13-7-11-20(25)26/h5,9-10,14,17H,4,6-8,11-13,15-16H2,1-3H3,(H2,22,23,24). The third kappa shape index (κ3) is 7.06. The van der Waals surface area contributed by atoms with Crippen molar-refractivity contribution in [3.63, 3.8) is 0 Å². The summed E-state index contributed by atoms with van der Waals surface area (Å²) in [5.74, 6) is 1.88. The molecule has 0 aromatic heterocycles. The molecule has 0 bridgehead atoms. The van der Waals surface area contributed by atoms with Crippen molar-refractivity contribution in [1.29, 1.82) is 0 Å². The summed E-state index contributed by atoms with van der Waals surface area (Å²) in [6, 6.07) is 8.41. The molecule has 0 atom stereocenters. The molecule has 0 aliphatic carbocycles. The summed E-state index contributed by atoms with van der Waals surface area (Å²) in [5, 5.41) is 6.72. The predicted octanol–water partition coefficient (Wildman–Crippen LogP) is 3.30. The number of hydrogen-bond donors (Lipinski definition) is 2. The van der Waals surface area contributed by atoms with E-state index in [1.807, 2.05) is 4.90 Å². The minimum absolute atomic E-state index is 0.272. The highest BCUT2D eigenvalue weighted by atomic mass is 16.2. The van der Waals surface area contributed by atoms with Crippen LogP contribution in [0.4, 0.5) is 0 Å². The van der Waals surface area contributed by atoms with Gasteiger partial charge in [-0.2, -0.15) is 0 Å². The molecular formula is C21H34N4O. The van der Waals surface area contributed by atoms with Crippen molar-refractivity contribution in [2.24, 2.45) is 10.9 Å². The molecular weight excluding hydrogens is 324 g/mol. The Bertz CT molecular complexity index is 597. The molecule has 5 heteroatoms. The van der Waals surface area contributed by atoms with E-state index in [9.17, 15) is 4.79 Å². The van der Waals surface area contributed by atoms with E-state index >= 15 is 0 Å². The second kappa shape index (κ2) is 10.8. The van der Waals surface area contributed by atoms with Crippen LogP contribution in [0.25, 0.3) is 0 Å². The van der Waals surface area contributed by atoms with E-state index in [1.165, 1.54) is 17.5 Å². The molecule has 1 aromatic carbocycles. The van der Waals surface area contributed by atoms with Crippen molar-refractivity contribution in [3.05, 3.63) is 35.4 Å². The summed E-state index contributed by atoms with van der Waals surface area (Å²) in [5.41, 5.74) is 2.36. The smallest absolute Gasteiger partial charge is 0.222 e. The molecule has 1 aromatic rings. The topological polar surface area (TPSA) is 56.7 Å². The molecule has 1 fully saturated rings. The summed E-state index contributed by atoms with van der Waals surface area (Å²) in [4.78, 5) is 18.5. The van der Waals surface area contributed by atoms with Crippen LogP contribution >= 0.6 is 0 Å². The van der Waals surface area contributed by atoms with Crippen LogP contribution in [0.2, 0.25) is 0 Å². The van der Waals surface area contributed by atoms with Gasteiger partial charge in [0.15, 0.2) is 5.96 Å². The first kappa shape index (κ1) is 20.3. The highest BCUT2D eigenvalue weighted by molar-refractivity contribution is 5.79. The normalized spacial score (nSPS) is 15.0. The van der Waals surface area contributed by atoms with E-state index in [4.69, 9.17) is 4.99 Å². The number of likely N-dealkylation sites (tertiary alicyclic amines) is 1. The molecule has 1 amide bonds. The Labute approximate surface area is 158 Å². The monoisotopic (exact) mass is 358 g/mol. The maximum atomic E-state index is 11.8. The fraction of sp³-hybridized carbons (Fsp3) is 0.619. The zero-order valence-electron chi connectivity index (χ0n) is 16.6. The summed E-state index contributed by atoms with van der Waals surface area (Å²) in [6.07, 6.45) is 4.06. The molecule has 1 aliphatic heterocycles. The van der Waals surface area contributed by atoms with Crippen LogP contribution in [0.5, 0.6) is 0 Å². The number of carbonyl (C=O) groups is 1. The lowest BCUT2D eigenvalue weighted by molar-refractivity contribution is -0.128. The van der Waals surface area contributed by atoms with Gasteiger partial charge in [0.2, 0.25) is 5.91 Å². The number of nitrogens with zero attached hydrogens (tertiary/aromatic N) is 2. The lowest BCUT2D eigenvalue weighted by Gasteiger charge is -2.16. The number of rotatable bonds is 9. The number of aliphatic imine (C=N–C) groups is 1. The zero-order valence-corrected chi connectivity index (χ0v) is 16.6. The highest BCUT2D eigenvalue weighted by Gasteiger charge is 2.19. The number of benzene rings is 1. The van der Waals surface area contributed by atoms with Crippen molar-refractivity contribution in [3.8, 4) is 0 Å². The average molecular weight is 359 g/mol. The summed E-state index contributed by atoms with van der Waals surface area (Å²) in [6.45, 7) is 10.6. The second-order valence-electron chi connectivity index (χ2n) is 7.40. The fourth-order valence-electron chi connectivity index (χ4n) is 3.15. The van der Waals surface area contributed by atoms with Gasteiger partial charge in [0, 0.05) is 32.6 Å². The van der Waals surface area contributed by atoms with Gasteiger partial charge in [0.25, 0.3) is 0 Å². The Kier molecular flexibility index (Phi) is 8.45. The van der Waals surface area contributed by atoms with Crippen LogP contribution in [0.1, 0.15) is 57.6 Å². The molecule has 2 rings (SSSR count). The Morgan fingerprint density at radius 2 is 2.08 bits per heavy atom. The van der Waals surface area contributed by atoms with Gasteiger partial charge in [-0.3, -0.25) is 4.79 Å². The van der Waals surface area contributed by atoms with E-state index in [1.54, 1.807) is 0 Å². The van der Waals surface area contributed by atoms with E-state index < -0.39 is 0 Å². The van der Waals surface area contributed by atoms with Crippen LogP contribution in [0.3, 0.4) is 0 Å². The molecule has 1 aliphatic rings. The van der Waals surface area contributed by atoms with Gasteiger partial charge >= 0.3 is 0 Å². The molecule has 0 spiro atoms. The number of amides is 1. The van der Waals surface area contributed by atoms with Crippen LogP contribution < -0.4 is 10.6 Å². The maximum Gasteiger partial charge on any atom is 0.222 e. The first-order valence-electron chi connectivity index (χ1n) is 9.96. The number of guanidine groups is 1. The number of hydrogen-bond acceptors (Lipinski definition) is 2. The Morgan fingerprint density at radius 1 is 1.27 bits per heavy atom. The van der Waals surface area contributed by atoms with Crippen LogP contribution in [-0.4, -0.2) is 36.4 Å². The van der Waals surface area contributed by atoms with Gasteiger partial charge in [0.1, 0.15) is 0 Å². The molecule has 5 nitrogen and oxygen atoms in total. The van der Waals surface area contributed by atoms with Crippen LogP contribution in [-0.2, 0) is 17.9 Å². The van der Waals surface area contributed by atoms with Gasteiger partial charge in [-0.15, -0.1) is 0 Å². The summed E-state index contributed by atoms with van der Waals surface area (Å²) >= 11 is 0. The fourth-order valence-corrected chi connectivity index (χ4v) is 3.15. The van der Waals surface area contributed by atoms with E-state index in [0.717, 1.165) is 44.4 Å². The molecule has 1 saturated heterocycles. The van der Waals surface area contributed by atoms with E-state index in [2.05, 4.69) is 55.7 Å². The summed E-state index contributed by atoms with van der Waals surface area (Å²) < 4.78 is 0. The largest absolute Gasteiger partial charge is 0.357 e. The number of carbonyl (C=O) groups excluding carboxylic acids is 1. The molecule has 26 heavy (non-hydrogen) atoms. The van der Waals surface area contributed by atoms with Gasteiger partial charge < -0.3 is 15.5 Å². The zero-order chi connectivity index (χ0) is 18.8. The quantitative estimate of drug-likeness (QED) is 0.404.